The Bertz CT molecular complexity index is 479. The lowest BCUT2D eigenvalue weighted by molar-refractivity contribution is -0.148. The van der Waals surface area contributed by atoms with Crippen LogP contribution < -0.4 is 4.91 Å². The van der Waals surface area contributed by atoms with Gasteiger partial charge in [0.05, 0.1) is 6.54 Å². The third-order valence-corrected chi connectivity index (χ3v) is 3.66. The molecule has 0 aliphatic carbocycles. The quantitative estimate of drug-likeness (QED) is 0.455. The first-order valence-corrected chi connectivity index (χ1v) is 6.00. The number of carbonyl (C=O) groups is 2. The number of Topliss-reactive ketones (excluding diaryl/α,β-unsaturated/α-hetero) is 1. The van der Waals surface area contributed by atoms with Gasteiger partial charge in [-0.15, -0.1) is 11.3 Å². The topological polar surface area (TPSA) is 68.7 Å². The molecule has 6 nitrogen and oxygen atoms in total. The van der Waals surface area contributed by atoms with Crippen molar-refractivity contribution in [2.75, 3.05) is 20.1 Å². The third kappa shape index (κ3) is 1.52. The van der Waals surface area contributed by atoms with E-state index in [1.165, 1.54) is 11.3 Å². The molecule has 0 bridgehead atoms. The normalized spacial score (nSPS) is 29.4. The maximum absolute atomic E-state index is 11.8. The molecule has 1 aromatic rings. The molecule has 0 saturated carbocycles. The van der Waals surface area contributed by atoms with Gasteiger partial charge < -0.3 is 9.31 Å². The fourth-order valence-electron chi connectivity index (χ4n) is 2.08. The predicted molar refractivity (Wildman–Crippen MR) is 59.9 cm³/mol. The van der Waals surface area contributed by atoms with E-state index in [-0.39, 0.29) is 18.9 Å². The lowest BCUT2D eigenvalue weighted by Crippen LogP contribution is -2.46. The number of likely N-dealkylation sites (tertiary alicyclic amines) is 1. The number of thiazole rings is 1. The Morgan fingerprint density at radius 2 is 2.41 bits per heavy atom. The summed E-state index contributed by atoms with van der Waals surface area (Å²) >= 11 is 1.33. The first-order valence-electron chi connectivity index (χ1n) is 5.12. The van der Waals surface area contributed by atoms with Gasteiger partial charge >= 0.3 is 13.1 Å². The summed E-state index contributed by atoms with van der Waals surface area (Å²) in [6, 6.07) is 0. The molecular weight excluding hydrogens is 243 g/mol. The molecule has 0 N–H and O–H groups in total. The highest BCUT2D eigenvalue weighted by atomic mass is 32.1. The monoisotopic (exact) mass is 252 g/mol. The number of carbonyl (C=O) groups excluding carboxylic acids is 2. The van der Waals surface area contributed by atoms with Crippen molar-refractivity contribution in [3.63, 3.8) is 0 Å². The second-order valence-electron chi connectivity index (χ2n) is 4.15. The van der Waals surface area contributed by atoms with Crippen LogP contribution >= 0.6 is 11.3 Å². The third-order valence-electron chi connectivity index (χ3n) is 2.86. The van der Waals surface area contributed by atoms with Crippen molar-refractivity contribution in [1.82, 2.24) is 9.88 Å². The Morgan fingerprint density at radius 1 is 1.59 bits per heavy atom. The van der Waals surface area contributed by atoms with E-state index in [1.807, 2.05) is 0 Å². The minimum absolute atomic E-state index is 0.208. The van der Waals surface area contributed by atoms with Crippen LogP contribution in [0.1, 0.15) is 0 Å². The lowest BCUT2D eigenvalue weighted by atomic mass is 9.92. The molecule has 2 aliphatic heterocycles. The highest BCUT2D eigenvalue weighted by molar-refractivity contribution is 7.20. The van der Waals surface area contributed by atoms with Gasteiger partial charge in [-0.1, -0.05) is 0 Å². The number of ketones is 1. The van der Waals surface area contributed by atoms with Gasteiger partial charge in [0, 0.05) is 18.1 Å². The molecule has 2 aliphatic rings. The predicted octanol–water partition coefficient (Wildman–Crippen LogP) is -1.33. The van der Waals surface area contributed by atoms with E-state index >= 15 is 0 Å². The highest BCUT2D eigenvalue weighted by Crippen LogP contribution is 2.29. The van der Waals surface area contributed by atoms with Gasteiger partial charge in [-0.3, -0.25) is 19.5 Å². The van der Waals surface area contributed by atoms with E-state index in [0.29, 0.717) is 4.91 Å². The summed E-state index contributed by atoms with van der Waals surface area (Å²) in [7, 11) is 0.915. The molecule has 2 saturated heterocycles. The Morgan fingerprint density at radius 3 is 3.00 bits per heavy atom. The molecule has 3 rings (SSSR count). The Kier molecular flexibility index (Phi) is 2.32. The average Bonchev–Trinajstić information content (AvgIpc) is 2.91. The molecule has 2 fully saturated rings. The lowest BCUT2D eigenvalue weighted by Gasteiger charge is -2.16. The van der Waals surface area contributed by atoms with Gasteiger partial charge in [0.1, 0.15) is 4.91 Å². The molecule has 8 heteroatoms. The van der Waals surface area contributed by atoms with Crippen LogP contribution in [0.25, 0.3) is 0 Å². The van der Waals surface area contributed by atoms with Gasteiger partial charge in [-0.2, -0.15) is 0 Å². The van der Waals surface area contributed by atoms with Crippen molar-refractivity contribution in [2.45, 2.75) is 5.60 Å². The van der Waals surface area contributed by atoms with Crippen LogP contribution in [0.15, 0.2) is 11.6 Å². The summed E-state index contributed by atoms with van der Waals surface area (Å²) in [5.74, 6) is -0.851. The van der Waals surface area contributed by atoms with E-state index in [4.69, 9.17) is 9.31 Å². The molecule has 3 heterocycles. The summed E-state index contributed by atoms with van der Waals surface area (Å²) in [5.41, 5.74) is -1.44. The maximum Gasteiger partial charge on any atom is 0.596 e. The first-order chi connectivity index (χ1) is 8.12. The zero-order valence-electron chi connectivity index (χ0n) is 9.08. The summed E-state index contributed by atoms with van der Waals surface area (Å²) < 4.78 is 10.6. The van der Waals surface area contributed by atoms with E-state index in [1.54, 1.807) is 23.5 Å². The molecule has 1 atom stereocenters. The number of aromatic nitrogens is 1. The van der Waals surface area contributed by atoms with Crippen molar-refractivity contribution in [3.8, 4) is 0 Å². The van der Waals surface area contributed by atoms with Gasteiger partial charge in [-0.25, -0.2) is 0 Å². The second-order valence-corrected chi connectivity index (χ2v) is 5.07. The van der Waals surface area contributed by atoms with E-state index in [2.05, 4.69) is 4.98 Å². The summed E-state index contributed by atoms with van der Waals surface area (Å²) in [6.07, 6.45) is 1.60. The van der Waals surface area contributed by atoms with Crippen LogP contribution in [0.2, 0.25) is 0 Å². The van der Waals surface area contributed by atoms with E-state index < -0.39 is 18.7 Å². The molecule has 0 radical (unpaired) electrons. The Labute approximate surface area is 102 Å². The molecule has 17 heavy (non-hydrogen) atoms. The molecule has 0 aromatic carbocycles. The SMILES string of the molecule is CN1CC(=O)C2(C1)OB(c1nccs1)OC2=O. The van der Waals surface area contributed by atoms with Gasteiger partial charge in [0.2, 0.25) is 5.60 Å². The van der Waals surface area contributed by atoms with E-state index in [9.17, 15) is 9.59 Å². The van der Waals surface area contributed by atoms with Gasteiger partial charge in [0.15, 0.2) is 5.78 Å². The van der Waals surface area contributed by atoms with Crippen molar-refractivity contribution >= 4 is 35.1 Å². The van der Waals surface area contributed by atoms with Crippen molar-refractivity contribution < 1.29 is 18.9 Å². The highest BCUT2D eigenvalue weighted by Gasteiger charge is 2.62. The van der Waals surface area contributed by atoms with Gasteiger partial charge in [0.25, 0.3) is 0 Å². The number of rotatable bonds is 1. The zero-order chi connectivity index (χ0) is 12.0. The smallest absolute Gasteiger partial charge is 0.502 e. The summed E-state index contributed by atoms with van der Waals surface area (Å²) in [6.45, 7) is 0.451. The zero-order valence-corrected chi connectivity index (χ0v) is 9.90. The Hall–Kier alpha value is -1.25. The van der Waals surface area contributed by atoms with Gasteiger partial charge in [-0.05, 0) is 7.05 Å². The molecule has 0 amide bonds. The molecular formula is C9H9BN2O4S. The first kappa shape index (κ1) is 10.9. The Balaban J connectivity index is 1.90. The standard InChI is InChI=1S/C9H9BN2O4S/c1-12-4-6(13)9(5-12)7(14)15-10(16-9)8-11-2-3-17-8/h2-3H,4-5H2,1H3. The molecule has 88 valence electrons. The molecule has 1 unspecified atom stereocenters. The number of nitrogens with zero attached hydrogens (tertiary/aromatic N) is 2. The average molecular weight is 252 g/mol. The van der Waals surface area contributed by atoms with E-state index in [0.717, 1.165) is 0 Å². The van der Waals surface area contributed by atoms with Crippen molar-refractivity contribution in [1.29, 1.82) is 0 Å². The number of hydrogen-bond acceptors (Lipinski definition) is 7. The van der Waals surface area contributed by atoms with Crippen LogP contribution in [0.3, 0.4) is 0 Å². The number of likely N-dealkylation sites (N-methyl/N-ethyl adjacent to an activating group) is 1. The largest absolute Gasteiger partial charge is 0.596 e. The second kappa shape index (κ2) is 3.62. The molecule has 1 aromatic heterocycles. The summed E-state index contributed by atoms with van der Waals surface area (Å²) in [5, 5.41) is 1.76. The fourth-order valence-corrected chi connectivity index (χ4v) is 2.67. The van der Waals surface area contributed by atoms with Crippen LogP contribution in [-0.4, -0.2) is 54.5 Å². The summed E-state index contributed by atoms with van der Waals surface area (Å²) in [4.78, 5) is 30.0. The molecule has 1 spiro atoms. The minimum Gasteiger partial charge on any atom is -0.502 e. The van der Waals surface area contributed by atoms with Crippen molar-refractivity contribution in [3.05, 3.63) is 11.6 Å². The van der Waals surface area contributed by atoms with Crippen LogP contribution in [-0.2, 0) is 18.9 Å². The van der Waals surface area contributed by atoms with Crippen molar-refractivity contribution in [2.24, 2.45) is 0 Å². The van der Waals surface area contributed by atoms with Crippen LogP contribution in [0.5, 0.6) is 0 Å². The maximum atomic E-state index is 11.8. The number of hydrogen-bond donors (Lipinski definition) is 0. The van der Waals surface area contributed by atoms with Crippen LogP contribution in [0, 0.1) is 0 Å². The fraction of sp³-hybridized carbons (Fsp3) is 0.444. The van der Waals surface area contributed by atoms with Crippen LogP contribution in [0.4, 0.5) is 0 Å². The minimum atomic E-state index is -1.44.